The molecule has 0 heterocycles. The molecule has 3 nitrogen and oxygen atoms in total. The Kier molecular flexibility index (Phi) is 5.15. The molecule has 0 aliphatic carbocycles. The van der Waals surface area contributed by atoms with Crippen LogP contribution < -0.4 is 0 Å². The lowest BCUT2D eigenvalue weighted by molar-refractivity contribution is -0.136. The number of hydrogen-bond donors (Lipinski definition) is 1. The highest BCUT2D eigenvalue weighted by molar-refractivity contribution is 9.10. The summed E-state index contributed by atoms with van der Waals surface area (Å²) < 4.78 is 12.7. The molecular formula is C11H13BrO3S. The second-order valence-corrected chi connectivity index (χ2v) is 5.92. The van der Waals surface area contributed by atoms with Gasteiger partial charge >= 0.3 is 5.97 Å². The van der Waals surface area contributed by atoms with Crippen molar-refractivity contribution >= 4 is 32.7 Å². The Bertz CT molecular complexity index is 389. The molecular weight excluding hydrogens is 292 g/mol. The first-order valence-corrected chi connectivity index (χ1v) is 7.06. The summed E-state index contributed by atoms with van der Waals surface area (Å²) in [6.45, 7) is 1.73. The molecule has 5 heteroatoms. The fourth-order valence-corrected chi connectivity index (χ4v) is 2.90. The van der Waals surface area contributed by atoms with E-state index in [9.17, 15) is 9.00 Å². The van der Waals surface area contributed by atoms with Crippen molar-refractivity contribution in [1.29, 1.82) is 0 Å². The molecule has 1 aromatic rings. The molecule has 88 valence electrons. The predicted octanol–water partition coefficient (Wildman–Crippen LogP) is 2.56. The first-order chi connectivity index (χ1) is 7.54. The Balaban J connectivity index is 2.70. The normalized spacial score (nSPS) is 14.4. The van der Waals surface area contributed by atoms with Gasteiger partial charge in [0.25, 0.3) is 0 Å². The topological polar surface area (TPSA) is 54.4 Å². The second-order valence-electron chi connectivity index (χ2n) is 3.39. The van der Waals surface area contributed by atoms with Gasteiger partial charge in [0.1, 0.15) is 5.25 Å². The van der Waals surface area contributed by atoms with Crippen molar-refractivity contribution in [2.45, 2.75) is 24.3 Å². The first kappa shape index (κ1) is 13.4. The number of hydrogen-bond acceptors (Lipinski definition) is 2. The van der Waals surface area contributed by atoms with Crippen molar-refractivity contribution in [3.8, 4) is 0 Å². The van der Waals surface area contributed by atoms with Crippen molar-refractivity contribution in [3.05, 3.63) is 34.3 Å². The summed E-state index contributed by atoms with van der Waals surface area (Å²) >= 11 is 3.31. The molecule has 0 saturated heterocycles. The van der Waals surface area contributed by atoms with Crippen LogP contribution in [0.25, 0.3) is 0 Å². The van der Waals surface area contributed by atoms with Gasteiger partial charge in [0.05, 0.1) is 0 Å². The van der Waals surface area contributed by atoms with Crippen LogP contribution in [0.2, 0.25) is 0 Å². The minimum atomic E-state index is -1.36. The van der Waals surface area contributed by atoms with E-state index < -0.39 is 22.0 Å². The van der Waals surface area contributed by atoms with Crippen molar-refractivity contribution in [2.24, 2.45) is 0 Å². The van der Waals surface area contributed by atoms with Gasteiger partial charge in [0, 0.05) is 21.0 Å². The van der Waals surface area contributed by atoms with E-state index in [0.717, 1.165) is 10.0 Å². The predicted molar refractivity (Wildman–Crippen MR) is 67.7 cm³/mol. The first-order valence-electron chi connectivity index (χ1n) is 4.89. The molecule has 2 unspecified atom stereocenters. The second kappa shape index (κ2) is 6.15. The van der Waals surface area contributed by atoms with Crippen molar-refractivity contribution in [3.63, 3.8) is 0 Å². The number of benzene rings is 1. The van der Waals surface area contributed by atoms with Crippen LogP contribution in [0.15, 0.2) is 28.7 Å². The monoisotopic (exact) mass is 304 g/mol. The van der Waals surface area contributed by atoms with Crippen LogP contribution in [0.4, 0.5) is 0 Å². The van der Waals surface area contributed by atoms with E-state index in [0.29, 0.717) is 6.42 Å². The number of carbonyl (C=O) groups is 1. The smallest absolute Gasteiger partial charge is 0.319 e. The lowest BCUT2D eigenvalue weighted by atomic mass is 10.2. The zero-order valence-electron chi connectivity index (χ0n) is 8.85. The van der Waals surface area contributed by atoms with Gasteiger partial charge in [-0.1, -0.05) is 35.0 Å². The van der Waals surface area contributed by atoms with Crippen LogP contribution in [-0.2, 0) is 21.3 Å². The zero-order valence-corrected chi connectivity index (χ0v) is 11.3. The van der Waals surface area contributed by atoms with Gasteiger partial charge in [-0.2, -0.15) is 0 Å². The molecule has 2 atom stereocenters. The summed E-state index contributed by atoms with van der Waals surface area (Å²) in [5, 5.41) is 8.09. The van der Waals surface area contributed by atoms with Crippen LogP contribution in [0, 0.1) is 0 Å². The third kappa shape index (κ3) is 3.72. The van der Waals surface area contributed by atoms with Crippen LogP contribution in [0.5, 0.6) is 0 Å². The van der Waals surface area contributed by atoms with E-state index in [1.54, 1.807) is 6.92 Å². The molecule has 0 aliphatic heterocycles. The quantitative estimate of drug-likeness (QED) is 0.909. The summed E-state index contributed by atoms with van der Waals surface area (Å²) in [5.41, 5.74) is 0.890. The number of rotatable bonds is 5. The number of aliphatic carboxylic acids is 1. The largest absolute Gasteiger partial charge is 0.480 e. The van der Waals surface area contributed by atoms with E-state index in [1.165, 1.54) is 0 Å². The van der Waals surface area contributed by atoms with Gasteiger partial charge in [-0.15, -0.1) is 0 Å². The third-order valence-corrected chi connectivity index (χ3v) is 4.50. The molecule has 1 rings (SSSR count). The molecule has 0 spiro atoms. The van der Waals surface area contributed by atoms with Crippen molar-refractivity contribution in [1.82, 2.24) is 0 Å². The average Bonchev–Trinajstić information content (AvgIpc) is 2.22. The van der Waals surface area contributed by atoms with Crippen LogP contribution in [0.1, 0.15) is 18.9 Å². The van der Waals surface area contributed by atoms with Gasteiger partial charge < -0.3 is 5.11 Å². The van der Waals surface area contributed by atoms with Crippen LogP contribution in [0.3, 0.4) is 0 Å². The number of carboxylic acids is 1. The van der Waals surface area contributed by atoms with E-state index in [4.69, 9.17) is 5.11 Å². The maximum absolute atomic E-state index is 11.8. The Morgan fingerprint density at radius 2 is 2.00 bits per heavy atom. The number of carboxylic acid groups (broad SMARTS) is 1. The summed E-state index contributed by atoms with van der Waals surface area (Å²) in [4.78, 5) is 10.8. The Morgan fingerprint density at radius 1 is 1.44 bits per heavy atom. The summed E-state index contributed by atoms with van der Waals surface area (Å²) in [5.74, 6) is -0.698. The highest BCUT2D eigenvalue weighted by Crippen LogP contribution is 2.14. The van der Waals surface area contributed by atoms with Gasteiger partial charge in [-0.05, 0) is 24.1 Å². The molecule has 0 aromatic heterocycles. The van der Waals surface area contributed by atoms with Gasteiger partial charge in [-0.3, -0.25) is 9.00 Å². The minimum Gasteiger partial charge on any atom is -0.480 e. The van der Waals surface area contributed by atoms with Crippen LogP contribution in [-0.4, -0.2) is 20.5 Å². The molecule has 1 aromatic carbocycles. The van der Waals surface area contributed by atoms with Gasteiger partial charge in [-0.25, -0.2) is 0 Å². The van der Waals surface area contributed by atoms with Gasteiger partial charge in [0.2, 0.25) is 0 Å². The summed E-state index contributed by atoms with van der Waals surface area (Å²) in [7, 11) is -1.36. The maximum Gasteiger partial charge on any atom is 0.319 e. The summed E-state index contributed by atoms with van der Waals surface area (Å²) in [6, 6.07) is 7.40. The van der Waals surface area contributed by atoms with Gasteiger partial charge in [0.15, 0.2) is 0 Å². The van der Waals surface area contributed by atoms with Crippen LogP contribution >= 0.6 is 15.9 Å². The lowest BCUT2D eigenvalue weighted by Crippen LogP contribution is -2.25. The third-order valence-electron chi connectivity index (χ3n) is 2.19. The van der Waals surface area contributed by atoms with Crippen molar-refractivity contribution < 1.29 is 14.1 Å². The molecule has 0 saturated carbocycles. The van der Waals surface area contributed by atoms with E-state index in [-0.39, 0.29) is 5.75 Å². The maximum atomic E-state index is 11.8. The van der Waals surface area contributed by atoms with E-state index in [1.807, 2.05) is 24.3 Å². The SMILES string of the molecule is CCC(C(=O)O)S(=O)Cc1ccc(Br)cc1. The molecule has 0 fully saturated rings. The Morgan fingerprint density at radius 3 is 2.44 bits per heavy atom. The molecule has 0 bridgehead atoms. The molecule has 0 aliphatic rings. The van der Waals surface area contributed by atoms with Crippen molar-refractivity contribution in [2.75, 3.05) is 0 Å². The highest BCUT2D eigenvalue weighted by atomic mass is 79.9. The van der Waals surface area contributed by atoms with E-state index >= 15 is 0 Å². The Labute approximate surface area is 105 Å². The average molecular weight is 305 g/mol. The fourth-order valence-electron chi connectivity index (χ4n) is 1.32. The van der Waals surface area contributed by atoms with E-state index in [2.05, 4.69) is 15.9 Å². The standard InChI is InChI=1S/C11H13BrO3S/c1-2-10(11(13)14)16(15)7-8-3-5-9(12)6-4-8/h3-6,10H,2,7H2,1H3,(H,13,14). The Hall–Kier alpha value is -0.680. The highest BCUT2D eigenvalue weighted by Gasteiger charge is 2.22. The lowest BCUT2D eigenvalue weighted by Gasteiger charge is -2.09. The zero-order chi connectivity index (χ0) is 12.1. The molecule has 0 amide bonds. The summed E-state index contributed by atoms with van der Waals surface area (Å²) in [6.07, 6.45) is 0.387. The minimum absolute atomic E-state index is 0.290. The molecule has 1 N–H and O–H groups in total. The number of halogens is 1. The molecule has 16 heavy (non-hydrogen) atoms. The molecule has 0 radical (unpaired) electrons. The fraction of sp³-hybridized carbons (Fsp3) is 0.364.